The number of aliphatic hydroxyl groups excluding tert-OH is 1. The fraction of sp³-hybridized carbons (Fsp3) is 0.318. The number of hydrogen-bond acceptors (Lipinski definition) is 5. The summed E-state index contributed by atoms with van der Waals surface area (Å²) in [5.74, 6) is 0.793. The van der Waals surface area contributed by atoms with Crippen LogP contribution in [0.3, 0.4) is 0 Å². The predicted molar refractivity (Wildman–Crippen MR) is 111 cm³/mol. The number of nitrogens with one attached hydrogen (secondary N) is 2. The van der Waals surface area contributed by atoms with Gasteiger partial charge in [0.15, 0.2) is 0 Å². The van der Waals surface area contributed by atoms with Gasteiger partial charge in [-0.1, -0.05) is 18.2 Å². The molecule has 1 aliphatic heterocycles. The van der Waals surface area contributed by atoms with E-state index in [0.29, 0.717) is 18.0 Å². The number of aromatic nitrogens is 1. The van der Waals surface area contributed by atoms with E-state index in [1.165, 1.54) is 5.56 Å². The van der Waals surface area contributed by atoms with Crippen molar-refractivity contribution in [3.05, 3.63) is 70.6 Å². The number of H-pyrrole nitrogens is 1. The summed E-state index contributed by atoms with van der Waals surface area (Å²) in [6.45, 7) is 3.16. The lowest BCUT2D eigenvalue weighted by Crippen LogP contribution is -2.26. The van der Waals surface area contributed by atoms with Gasteiger partial charge >= 0.3 is 0 Å². The Balaban J connectivity index is 1.40. The minimum absolute atomic E-state index is 0.0176. The predicted octanol–water partition coefficient (Wildman–Crippen LogP) is 2.59. The Kier molecular flexibility index (Phi) is 5.60. The lowest BCUT2D eigenvalue weighted by atomic mass is 10.1. The van der Waals surface area contributed by atoms with Crippen LogP contribution in [0.1, 0.15) is 12.0 Å². The molecule has 1 aromatic heterocycles. The Morgan fingerprint density at radius 2 is 2.07 bits per heavy atom. The quantitative estimate of drug-likeness (QED) is 0.588. The number of benzene rings is 2. The van der Waals surface area contributed by atoms with Gasteiger partial charge in [0.05, 0.1) is 6.61 Å². The molecule has 2 aromatic carbocycles. The Bertz CT molecular complexity index is 1000. The molecule has 0 unspecified atom stereocenters. The monoisotopic (exact) mass is 379 g/mol. The van der Waals surface area contributed by atoms with Gasteiger partial charge in [-0.15, -0.1) is 0 Å². The molecular formula is C22H25N3O3. The maximum absolute atomic E-state index is 12.0. The van der Waals surface area contributed by atoms with Crippen molar-refractivity contribution in [3.63, 3.8) is 0 Å². The van der Waals surface area contributed by atoms with Gasteiger partial charge in [0.1, 0.15) is 12.4 Å². The van der Waals surface area contributed by atoms with Crippen molar-refractivity contribution in [3.8, 4) is 5.75 Å². The van der Waals surface area contributed by atoms with E-state index in [9.17, 15) is 4.79 Å². The molecule has 0 bridgehead atoms. The second-order valence-electron chi connectivity index (χ2n) is 7.16. The van der Waals surface area contributed by atoms with E-state index in [4.69, 9.17) is 9.84 Å². The van der Waals surface area contributed by atoms with Gasteiger partial charge in [-0.25, -0.2) is 0 Å². The summed E-state index contributed by atoms with van der Waals surface area (Å²) < 4.78 is 5.50. The molecule has 146 valence electrons. The van der Waals surface area contributed by atoms with Crippen molar-refractivity contribution < 1.29 is 9.84 Å². The van der Waals surface area contributed by atoms with Gasteiger partial charge in [-0.05, 0) is 42.3 Å². The third kappa shape index (κ3) is 4.18. The van der Waals surface area contributed by atoms with Crippen LogP contribution < -0.4 is 15.6 Å². The Morgan fingerprint density at radius 3 is 2.96 bits per heavy atom. The van der Waals surface area contributed by atoms with Crippen LogP contribution in [0.5, 0.6) is 5.75 Å². The first-order valence-corrected chi connectivity index (χ1v) is 9.65. The normalized spacial score (nSPS) is 17.1. The topological polar surface area (TPSA) is 77.6 Å². The zero-order chi connectivity index (χ0) is 19.3. The first-order chi connectivity index (χ1) is 13.7. The van der Waals surface area contributed by atoms with E-state index in [1.54, 1.807) is 6.20 Å². The van der Waals surface area contributed by atoms with Crippen LogP contribution >= 0.6 is 0 Å². The summed E-state index contributed by atoms with van der Waals surface area (Å²) in [6.07, 6.45) is 2.75. The van der Waals surface area contributed by atoms with Crippen molar-refractivity contribution in [2.45, 2.75) is 19.0 Å². The average molecular weight is 379 g/mol. The number of ether oxygens (including phenoxy) is 1. The van der Waals surface area contributed by atoms with E-state index in [1.807, 2.05) is 42.5 Å². The number of aromatic amines is 1. The molecule has 1 saturated heterocycles. The van der Waals surface area contributed by atoms with Crippen molar-refractivity contribution in [2.24, 2.45) is 0 Å². The largest absolute Gasteiger partial charge is 0.491 e. The van der Waals surface area contributed by atoms with Gasteiger partial charge in [0.2, 0.25) is 0 Å². The molecule has 6 nitrogen and oxygen atoms in total. The average Bonchev–Trinajstić information content (AvgIpc) is 3.14. The second kappa shape index (κ2) is 8.46. The zero-order valence-electron chi connectivity index (χ0n) is 15.7. The Hall–Kier alpha value is -2.83. The molecular weight excluding hydrogens is 354 g/mol. The number of pyridine rings is 1. The fourth-order valence-corrected chi connectivity index (χ4v) is 3.82. The highest BCUT2D eigenvalue weighted by atomic mass is 16.5. The molecule has 0 spiro atoms. The minimum atomic E-state index is -0.0579. The SMILES string of the molecule is O=c1[nH]ccc2c(N[C@@H]3CCN(Cc4cccc(OCCO)c4)C3)cccc12. The van der Waals surface area contributed by atoms with Crippen molar-refractivity contribution in [1.82, 2.24) is 9.88 Å². The smallest absolute Gasteiger partial charge is 0.255 e. The van der Waals surface area contributed by atoms with E-state index in [0.717, 1.165) is 42.9 Å². The lowest BCUT2D eigenvalue weighted by Gasteiger charge is -2.18. The standard InChI is InChI=1S/C22H25N3O3/c26-11-12-28-18-4-1-3-16(13-18)14-25-10-8-17(15-25)24-21-6-2-5-20-19(21)7-9-23-22(20)27/h1-7,9,13,17,24,26H,8,10-12,14-15H2,(H,23,27)/t17-/m1/s1. The van der Waals surface area contributed by atoms with Crippen molar-refractivity contribution >= 4 is 16.5 Å². The molecule has 6 heteroatoms. The van der Waals surface area contributed by atoms with Crippen LogP contribution in [0.4, 0.5) is 5.69 Å². The Labute approximate surface area is 163 Å². The molecule has 0 saturated carbocycles. The summed E-state index contributed by atoms with van der Waals surface area (Å²) in [4.78, 5) is 17.1. The zero-order valence-corrected chi connectivity index (χ0v) is 15.7. The maximum atomic E-state index is 12.0. The van der Waals surface area contributed by atoms with E-state index in [2.05, 4.69) is 21.3 Å². The molecule has 28 heavy (non-hydrogen) atoms. The lowest BCUT2D eigenvalue weighted by molar-refractivity contribution is 0.201. The van der Waals surface area contributed by atoms with Gasteiger partial charge in [0, 0.05) is 48.3 Å². The van der Waals surface area contributed by atoms with E-state index in [-0.39, 0.29) is 12.2 Å². The molecule has 2 heterocycles. The summed E-state index contributed by atoms with van der Waals surface area (Å²) >= 11 is 0. The maximum Gasteiger partial charge on any atom is 0.255 e. The fourth-order valence-electron chi connectivity index (χ4n) is 3.82. The molecule has 1 atom stereocenters. The highest BCUT2D eigenvalue weighted by Gasteiger charge is 2.23. The van der Waals surface area contributed by atoms with Crippen LogP contribution in [0.25, 0.3) is 10.8 Å². The first kappa shape index (κ1) is 18.5. The van der Waals surface area contributed by atoms with Crippen LogP contribution in [0, 0.1) is 0 Å². The number of fused-ring (bicyclic) bond motifs is 1. The van der Waals surface area contributed by atoms with Gasteiger partial charge in [0.25, 0.3) is 5.56 Å². The van der Waals surface area contributed by atoms with E-state index >= 15 is 0 Å². The third-order valence-corrected chi connectivity index (χ3v) is 5.11. The number of rotatable bonds is 7. The number of aliphatic hydroxyl groups is 1. The molecule has 3 aromatic rings. The molecule has 3 N–H and O–H groups in total. The highest BCUT2D eigenvalue weighted by molar-refractivity contribution is 5.93. The van der Waals surface area contributed by atoms with Crippen LogP contribution in [-0.4, -0.2) is 47.3 Å². The van der Waals surface area contributed by atoms with E-state index < -0.39 is 0 Å². The van der Waals surface area contributed by atoms with Crippen LogP contribution in [0.2, 0.25) is 0 Å². The molecule has 4 rings (SSSR count). The first-order valence-electron chi connectivity index (χ1n) is 9.65. The number of hydrogen-bond donors (Lipinski definition) is 3. The summed E-state index contributed by atoms with van der Waals surface area (Å²) in [7, 11) is 0. The molecule has 0 aliphatic carbocycles. The molecule has 0 amide bonds. The minimum Gasteiger partial charge on any atom is -0.491 e. The van der Waals surface area contributed by atoms with Crippen LogP contribution in [-0.2, 0) is 6.54 Å². The van der Waals surface area contributed by atoms with Crippen molar-refractivity contribution in [1.29, 1.82) is 0 Å². The number of anilines is 1. The van der Waals surface area contributed by atoms with Gasteiger partial charge < -0.3 is 20.1 Å². The summed E-state index contributed by atoms with van der Waals surface area (Å²) in [5.41, 5.74) is 2.15. The van der Waals surface area contributed by atoms with Crippen molar-refractivity contribution in [2.75, 3.05) is 31.6 Å². The van der Waals surface area contributed by atoms with Gasteiger partial charge in [-0.3, -0.25) is 9.69 Å². The highest BCUT2D eigenvalue weighted by Crippen LogP contribution is 2.24. The number of likely N-dealkylation sites (tertiary alicyclic amines) is 1. The summed E-state index contributed by atoms with van der Waals surface area (Å²) in [5, 5.41) is 14.2. The number of nitrogens with zero attached hydrogens (tertiary/aromatic N) is 1. The molecule has 1 fully saturated rings. The summed E-state index contributed by atoms with van der Waals surface area (Å²) in [6, 6.07) is 16.1. The Morgan fingerprint density at radius 1 is 1.18 bits per heavy atom. The second-order valence-corrected chi connectivity index (χ2v) is 7.16. The van der Waals surface area contributed by atoms with Gasteiger partial charge in [-0.2, -0.15) is 0 Å². The third-order valence-electron chi connectivity index (χ3n) is 5.11. The molecule has 1 aliphatic rings. The molecule has 0 radical (unpaired) electrons. The van der Waals surface area contributed by atoms with Crippen LogP contribution in [0.15, 0.2) is 59.5 Å².